The van der Waals surface area contributed by atoms with Gasteiger partial charge in [-0.05, 0) is 29.3 Å². The van der Waals surface area contributed by atoms with Crippen LogP contribution in [-0.2, 0) is 12.8 Å². The Labute approximate surface area is 107 Å². The second kappa shape index (κ2) is 5.01. The zero-order chi connectivity index (χ0) is 14.0. The monoisotopic (exact) mass is 270 g/mol. The largest absolute Gasteiger partial charge is 0.416 e. The lowest BCUT2D eigenvalue weighted by molar-refractivity contribution is -0.137. The maximum Gasteiger partial charge on any atom is 0.416 e. The molecule has 0 spiro atoms. The van der Waals surface area contributed by atoms with Crippen LogP contribution in [0.2, 0.25) is 0 Å². The van der Waals surface area contributed by atoms with Gasteiger partial charge in [0, 0.05) is 5.56 Å². The zero-order valence-corrected chi connectivity index (χ0v) is 9.71. The highest BCUT2D eigenvalue weighted by Crippen LogP contribution is 2.33. The highest BCUT2D eigenvalue weighted by Gasteiger charge is 2.30. The minimum absolute atomic E-state index is 0.0122. The van der Waals surface area contributed by atoms with Crippen molar-refractivity contribution in [1.29, 1.82) is 0 Å². The van der Waals surface area contributed by atoms with Gasteiger partial charge in [-0.25, -0.2) is 4.39 Å². The van der Waals surface area contributed by atoms with E-state index in [-0.39, 0.29) is 16.7 Å². The smallest absolute Gasteiger partial charge is 0.392 e. The molecule has 0 unspecified atom stereocenters. The van der Waals surface area contributed by atoms with Gasteiger partial charge in [-0.1, -0.05) is 24.3 Å². The topological polar surface area (TPSA) is 20.2 Å². The van der Waals surface area contributed by atoms with E-state index in [9.17, 15) is 17.6 Å². The van der Waals surface area contributed by atoms with Crippen LogP contribution in [0, 0.1) is 5.82 Å². The van der Waals surface area contributed by atoms with E-state index in [1.54, 1.807) is 0 Å². The second-order valence-corrected chi connectivity index (χ2v) is 4.00. The Hall–Kier alpha value is -1.88. The summed E-state index contributed by atoms with van der Waals surface area (Å²) in [7, 11) is 0. The van der Waals surface area contributed by atoms with E-state index < -0.39 is 24.2 Å². The van der Waals surface area contributed by atoms with Crippen LogP contribution in [0.3, 0.4) is 0 Å². The van der Waals surface area contributed by atoms with Gasteiger partial charge in [0.15, 0.2) is 0 Å². The Morgan fingerprint density at radius 3 is 2.32 bits per heavy atom. The molecule has 0 bridgehead atoms. The average molecular weight is 270 g/mol. The summed E-state index contributed by atoms with van der Waals surface area (Å²) in [6.07, 6.45) is -4.46. The lowest BCUT2D eigenvalue weighted by Gasteiger charge is -2.11. The summed E-state index contributed by atoms with van der Waals surface area (Å²) >= 11 is 0. The first-order valence-electron chi connectivity index (χ1n) is 5.49. The maximum atomic E-state index is 13.5. The molecule has 1 nitrogen and oxygen atoms in total. The van der Waals surface area contributed by atoms with E-state index in [0.29, 0.717) is 0 Å². The summed E-state index contributed by atoms with van der Waals surface area (Å²) in [5, 5.41) is 9.13. The summed E-state index contributed by atoms with van der Waals surface area (Å²) in [6.45, 7) is -0.571. The van der Waals surface area contributed by atoms with E-state index in [1.807, 2.05) is 0 Å². The predicted molar refractivity (Wildman–Crippen MR) is 62.8 cm³/mol. The van der Waals surface area contributed by atoms with Crippen molar-refractivity contribution < 1.29 is 22.7 Å². The van der Waals surface area contributed by atoms with Crippen molar-refractivity contribution in [3.63, 3.8) is 0 Å². The zero-order valence-electron chi connectivity index (χ0n) is 9.71. The number of hydrogen-bond acceptors (Lipinski definition) is 1. The van der Waals surface area contributed by atoms with Crippen LogP contribution in [0.1, 0.15) is 11.1 Å². The van der Waals surface area contributed by atoms with Crippen molar-refractivity contribution in [3.05, 3.63) is 59.4 Å². The molecule has 5 heteroatoms. The molecule has 0 atom stereocenters. The molecule has 2 aromatic rings. The van der Waals surface area contributed by atoms with Crippen molar-refractivity contribution in [2.24, 2.45) is 0 Å². The van der Waals surface area contributed by atoms with E-state index >= 15 is 0 Å². The molecule has 0 radical (unpaired) electrons. The SMILES string of the molecule is OCc1c(F)cccc1-c1cccc(C(F)(F)F)c1. The fraction of sp³-hybridized carbons (Fsp3) is 0.143. The lowest BCUT2D eigenvalue weighted by atomic mass is 9.98. The van der Waals surface area contributed by atoms with Crippen LogP contribution in [0.5, 0.6) is 0 Å². The number of aliphatic hydroxyl groups is 1. The number of alkyl halides is 3. The van der Waals surface area contributed by atoms with Crippen molar-refractivity contribution in [1.82, 2.24) is 0 Å². The van der Waals surface area contributed by atoms with Gasteiger partial charge in [0.1, 0.15) is 5.82 Å². The normalized spacial score (nSPS) is 11.6. The van der Waals surface area contributed by atoms with Crippen molar-refractivity contribution >= 4 is 0 Å². The fourth-order valence-corrected chi connectivity index (χ4v) is 1.85. The number of rotatable bonds is 2. The molecule has 0 aromatic heterocycles. The van der Waals surface area contributed by atoms with Crippen LogP contribution in [0.15, 0.2) is 42.5 Å². The molecule has 0 aliphatic heterocycles. The van der Waals surface area contributed by atoms with E-state index in [1.165, 1.54) is 24.3 Å². The minimum atomic E-state index is -4.46. The maximum absolute atomic E-state index is 13.5. The van der Waals surface area contributed by atoms with Crippen molar-refractivity contribution in [2.75, 3.05) is 0 Å². The first kappa shape index (κ1) is 13.5. The molecule has 0 fully saturated rings. The summed E-state index contributed by atoms with van der Waals surface area (Å²) in [5.41, 5.74) is -0.341. The van der Waals surface area contributed by atoms with Gasteiger partial charge in [0.05, 0.1) is 12.2 Å². The first-order chi connectivity index (χ1) is 8.93. The number of halogens is 4. The molecule has 0 saturated carbocycles. The summed E-state index contributed by atoms with van der Waals surface area (Å²) in [5.74, 6) is -0.641. The number of benzene rings is 2. The van der Waals surface area contributed by atoms with E-state index in [0.717, 1.165) is 18.2 Å². The molecule has 1 N–H and O–H groups in total. The summed E-state index contributed by atoms with van der Waals surface area (Å²) in [6, 6.07) is 8.61. The van der Waals surface area contributed by atoms with Gasteiger partial charge >= 0.3 is 6.18 Å². The Morgan fingerprint density at radius 1 is 1.00 bits per heavy atom. The van der Waals surface area contributed by atoms with Gasteiger partial charge in [0.25, 0.3) is 0 Å². The van der Waals surface area contributed by atoms with Gasteiger partial charge < -0.3 is 5.11 Å². The van der Waals surface area contributed by atoms with Crippen LogP contribution in [0.25, 0.3) is 11.1 Å². The van der Waals surface area contributed by atoms with Crippen molar-refractivity contribution in [3.8, 4) is 11.1 Å². The first-order valence-corrected chi connectivity index (χ1v) is 5.49. The third kappa shape index (κ3) is 2.76. The molecule has 0 amide bonds. The molecule has 19 heavy (non-hydrogen) atoms. The Kier molecular flexibility index (Phi) is 3.57. The highest BCUT2D eigenvalue weighted by molar-refractivity contribution is 5.68. The van der Waals surface area contributed by atoms with Crippen LogP contribution in [0.4, 0.5) is 17.6 Å². The van der Waals surface area contributed by atoms with Crippen LogP contribution >= 0.6 is 0 Å². The molecule has 0 aliphatic rings. The van der Waals surface area contributed by atoms with Gasteiger partial charge in [-0.2, -0.15) is 13.2 Å². The third-order valence-corrected chi connectivity index (χ3v) is 2.78. The van der Waals surface area contributed by atoms with E-state index in [2.05, 4.69) is 0 Å². The Bertz CT molecular complexity index is 590. The van der Waals surface area contributed by atoms with Crippen molar-refractivity contribution in [2.45, 2.75) is 12.8 Å². The lowest BCUT2D eigenvalue weighted by Crippen LogP contribution is -2.05. The van der Waals surface area contributed by atoms with Crippen LogP contribution in [-0.4, -0.2) is 5.11 Å². The highest BCUT2D eigenvalue weighted by atomic mass is 19.4. The predicted octanol–water partition coefficient (Wildman–Crippen LogP) is 4.00. The van der Waals surface area contributed by atoms with Gasteiger partial charge in [0.2, 0.25) is 0 Å². The Morgan fingerprint density at radius 2 is 1.68 bits per heavy atom. The average Bonchev–Trinajstić information content (AvgIpc) is 2.37. The molecule has 0 saturated heterocycles. The molecular formula is C14H10F4O. The third-order valence-electron chi connectivity index (χ3n) is 2.78. The molecule has 100 valence electrons. The minimum Gasteiger partial charge on any atom is -0.392 e. The van der Waals surface area contributed by atoms with Gasteiger partial charge in [-0.15, -0.1) is 0 Å². The summed E-state index contributed by atoms with van der Waals surface area (Å²) < 4.78 is 51.4. The summed E-state index contributed by atoms with van der Waals surface area (Å²) in [4.78, 5) is 0. The quantitative estimate of drug-likeness (QED) is 0.818. The second-order valence-electron chi connectivity index (χ2n) is 4.00. The molecule has 0 aliphatic carbocycles. The van der Waals surface area contributed by atoms with Crippen LogP contribution < -0.4 is 0 Å². The number of aliphatic hydroxyl groups excluding tert-OH is 1. The fourth-order valence-electron chi connectivity index (χ4n) is 1.85. The van der Waals surface area contributed by atoms with E-state index in [4.69, 9.17) is 5.11 Å². The molecule has 2 rings (SSSR count). The molecule has 0 heterocycles. The van der Waals surface area contributed by atoms with Gasteiger partial charge in [-0.3, -0.25) is 0 Å². The number of hydrogen-bond donors (Lipinski definition) is 1. The standard InChI is InChI=1S/C14H10F4O/c15-13-6-2-5-11(12(13)8-19)9-3-1-4-10(7-9)14(16,17)18/h1-7,19H,8H2. The molecule has 2 aromatic carbocycles. The Balaban J connectivity index is 2.57. The molecular weight excluding hydrogens is 260 g/mol.